The number of nitrogen functional groups attached to an aromatic ring is 1. The molecule has 114 valence electrons. The lowest BCUT2D eigenvalue weighted by Gasteiger charge is -2.16. The molecule has 2 N–H and O–H groups in total. The summed E-state index contributed by atoms with van der Waals surface area (Å²) in [6.07, 6.45) is -4.57. The maximum atomic E-state index is 13.1. The highest BCUT2D eigenvalue weighted by Crippen LogP contribution is 2.44. The molecule has 0 aliphatic heterocycles. The number of alkyl halides is 3. The molecule has 0 aliphatic carbocycles. The second-order valence-corrected chi connectivity index (χ2v) is 4.33. The molecule has 21 heavy (non-hydrogen) atoms. The van der Waals surface area contributed by atoms with Gasteiger partial charge in [-0.1, -0.05) is 0 Å². The Morgan fingerprint density at radius 1 is 1.14 bits per heavy atom. The fraction of sp³-hybridized carbons (Fsp3) is 0.308. The van der Waals surface area contributed by atoms with Crippen molar-refractivity contribution in [3.63, 3.8) is 0 Å². The van der Waals surface area contributed by atoms with Crippen LogP contribution in [0.5, 0.6) is 11.5 Å². The molecular weight excluding hydrogens is 287 g/mol. The number of hydrogen-bond acceptors (Lipinski definition) is 4. The average Bonchev–Trinajstić information content (AvgIpc) is 2.76. The minimum atomic E-state index is -4.57. The van der Waals surface area contributed by atoms with E-state index in [1.807, 2.05) is 0 Å². The molecule has 0 aliphatic rings. The molecule has 0 fully saturated rings. The van der Waals surface area contributed by atoms with Crippen LogP contribution in [-0.2, 0) is 13.2 Å². The Morgan fingerprint density at radius 2 is 1.81 bits per heavy atom. The van der Waals surface area contributed by atoms with Crippen molar-refractivity contribution in [3.05, 3.63) is 23.8 Å². The van der Waals surface area contributed by atoms with Gasteiger partial charge in [-0.15, -0.1) is 0 Å². The lowest BCUT2D eigenvalue weighted by Crippen LogP contribution is -2.09. The summed E-state index contributed by atoms with van der Waals surface area (Å²) in [5.41, 5.74) is 5.18. The fourth-order valence-electron chi connectivity index (χ4n) is 1.95. The van der Waals surface area contributed by atoms with Crippen molar-refractivity contribution >= 4 is 5.82 Å². The third-order valence-electron chi connectivity index (χ3n) is 3.00. The van der Waals surface area contributed by atoms with E-state index in [2.05, 4.69) is 5.10 Å². The van der Waals surface area contributed by atoms with E-state index in [0.29, 0.717) is 5.82 Å². The van der Waals surface area contributed by atoms with E-state index in [4.69, 9.17) is 15.2 Å². The number of benzene rings is 1. The summed E-state index contributed by atoms with van der Waals surface area (Å²) in [5.74, 6) is 0.0622. The summed E-state index contributed by atoms with van der Waals surface area (Å²) < 4.78 is 50.7. The monoisotopic (exact) mass is 301 g/mol. The predicted octanol–water partition coefficient (Wildman–Crippen LogP) is 2.71. The number of nitrogens with two attached hydrogens (primary N) is 1. The third kappa shape index (κ3) is 2.74. The van der Waals surface area contributed by atoms with Gasteiger partial charge in [0.25, 0.3) is 0 Å². The Balaban J connectivity index is 2.74. The van der Waals surface area contributed by atoms with Crippen LogP contribution in [0.15, 0.2) is 18.2 Å². The summed E-state index contributed by atoms with van der Waals surface area (Å²) in [5, 5.41) is 4.08. The SMILES string of the molecule is COc1cc(-c2cc(N)n(C)n2)c(OC)c(C(F)(F)F)c1. The Kier molecular flexibility index (Phi) is 3.71. The molecule has 0 amide bonds. The Morgan fingerprint density at radius 3 is 2.24 bits per heavy atom. The number of methoxy groups -OCH3 is 2. The van der Waals surface area contributed by atoms with Gasteiger partial charge >= 0.3 is 6.18 Å². The first kappa shape index (κ1) is 15.0. The highest BCUT2D eigenvalue weighted by Gasteiger charge is 2.36. The minimum Gasteiger partial charge on any atom is -0.497 e. The number of ether oxygens (including phenoxy) is 2. The van der Waals surface area contributed by atoms with Gasteiger partial charge in [-0.25, -0.2) is 0 Å². The molecule has 0 radical (unpaired) electrons. The van der Waals surface area contributed by atoms with Crippen molar-refractivity contribution in [1.29, 1.82) is 0 Å². The van der Waals surface area contributed by atoms with Gasteiger partial charge in [0.05, 0.1) is 19.9 Å². The van der Waals surface area contributed by atoms with Gasteiger partial charge in [-0.05, 0) is 12.1 Å². The molecule has 2 rings (SSSR count). The van der Waals surface area contributed by atoms with Crippen LogP contribution in [0.25, 0.3) is 11.3 Å². The second kappa shape index (κ2) is 5.19. The minimum absolute atomic E-state index is 0.0577. The zero-order valence-electron chi connectivity index (χ0n) is 11.7. The largest absolute Gasteiger partial charge is 0.497 e. The normalized spacial score (nSPS) is 11.5. The number of nitrogens with zero attached hydrogens (tertiary/aromatic N) is 2. The lowest BCUT2D eigenvalue weighted by molar-refractivity contribution is -0.138. The third-order valence-corrected chi connectivity index (χ3v) is 3.00. The molecular formula is C13H14F3N3O2. The predicted molar refractivity (Wildman–Crippen MR) is 71.2 cm³/mol. The Hall–Kier alpha value is -2.38. The summed E-state index contributed by atoms with van der Waals surface area (Å²) in [4.78, 5) is 0. The lowest BCUT2D eigenvalue weighted by atomic mass is 10.0. The first-order valence-electron chi connectivity index (χ1n) is 5.91. The van der Waals surface area contributed by atoms with Gasteiger partial charge in [-0.2, -0.15) is 18.3 Å². The van der Waals surface area contributed by atoms with E-state index < -0.39 is 11.7 Å². The molecule has 5 nitrogen and oxygen atoms in total. The zero-order valence-corrected chi connectivity index (χ0v) is 11.7. The smallest absolute Gasteiger partial charge is 0.420 e. The maximum absolute atomic E-state index is 13.1. The number of rotatable bonds is 3. The average molecular weight is 301 g/mol. The summed E-state index contributed by atoms with van der Waals surface area (Å²) in [6.45, 7) is 0. The van der Waals surface area contributed by atoms with Crippen molar-refractivity contribution < 1.29 is 22.6 Å². The number of aromatic nitrogens is 2. The molecule has 2 aromatic rings. The van der Waals surface area contributed by atoms with Crippen molar-refractivity contribution in [2.24, 2.45) is 7.05 Å². The van der Waals surface area contributed by atoms with Gasteiger partial charge in [0, 0.05) is 18.7 Å². The van der Waals surface area contributed by atoms with Crippen molar-refractivity contribution in [2.75, 3.05) is 20.0 Å². The van der Waals surface area contributed by atoms with E-state index in [1.54, 1.807) is 7.05 Å². The van der Waals surface area contributed by atoms with Crippen molar-refractivity contribution in [3.8, 4) is 22.8 Å². The quantitative estimate of drug-likeness (QED) is 0.947. The number of anilines is 1. The molecule has 8 heteroatoms. The molecule has 0 spiro atoms. The van der Waals surface area contributed by atoms with Crippen LogP contribution in [0.4, 0.5) is 19.0 Å². The van der Waals surface area contributed by atoms with Crippen molar-refractivity contribution in [1.82, 2.24) is 9.78 Å². The molecule has 0 bridgehead atoms. The second-order valence-electron chi connectivity index (χ2n) is 4.33. The molecule has 1 aromatic carbocycles. The van der Waals surface area contributed by atoms with E-state index in [-0.39, 0.29) is 22.8 Å². The number of hydrogen-bond donors (Lipinski definition) is 1. The van der Waals surface area contributed by atoms with Gasteiger partial charge in [0.2, 0.25) is 0 Å². The highest BCUT2D eigenvalue weighted by atomic mass is 19.4. The van der Waals surface area contributed by atoms with Gasteiger partial charge in [-0.3, -0.25) is 4.68 Å². The Labute approximate surface area is 119 Å². The van der Waals surface area contributed by atoms with Gasteiger partial charge < -0.3 is 15.2 Å². The van der Waals surface area contributed by atoms with Gasteiger partial charge in [0.1, 0.15) is 22.9 Å². The van der Waals surface area contributed by atoms with Crippen LogP contribution < -0.4 is 15.2 Å². The van der Waals surface area contributed by atoms with E-state index in [9.17, 15) is 13.2 Å². The highest BCUT2D eigenvalue weighted by molar-refractivity contribution is 5.73. The summed E-state index contributed by atoms with van der Waals surface area (Å²) in [6, 6.07) is 3.78. The first-order valence-corrected chi connectivity index (χ1v) is 5.91. The molecule has 1 aromatic heterocycles. The van der Waals surface area contributed by atoms with E-state index in [0.717, 1.165) is 6.07 Å². The molecule has 0 saturated carbocycles. The van der Waals surface area contributed by atoms with Crippen LogP contribution in [0.1, 0.15) is 5.56 Å². The maximum Gasteiger partial charge on any atom is 0.420 e. The zero-order chi connectivity index (χ0) is 15.8. The van der Waals surface area contributed by atoms with Crippen LogP contribution in [0.2, 0.25) is 0 Å². The standard InChI is InChI=1S/C13H14F3N3O2/c1-19-11(17)6-10(18-19)8-4-7(20-2)5-9(12(8)21-3)13(14,15)16/h4-6H,17H2,1-3H3. The topological polar surface area (TPSA) is 62.3 Å². The summed E-state index contributed by atoms with van der Waals surface area (Å²) in [7, 11) is 4.06. The molecule has 0 saturated heterocycles. The number of halogens is 3. The van der Waals surface area contributed by atoms with Gasteiger partial charge in [0.15, 0.2) is 0 Å². The van der Waals surface area contributed by atoms with Crippen LogP contribution in [-0.4, -0.2) is 24.0 Å². The summed E-state index contributed by atoms with van der Waals surface area (Å²) >= 11 is 0. The fourth-order valence-corrected chi connectivity index (χ4v) is 1.95. The van der Waals surface area contributed by atoms with Crippen molar-refractivity contribution in [2.45, 2.75) is 6.18 Å². The van der Waals surface area contributed by atoms with Crippen LogP contribution in [0, 0.1) is 0 Å². The van der Waals surface area contributed by atoms with E-state index in [1.165, 1.54) is 31.0 Å². The Bertz CT molecular complexity index is 646. The van der Waals surface area contributed by atoms with E-state index >= 15 is 0 Å². The molecule has 0 atom stereocenters. The van der Waals surface area contributed by atoms with Crippen LogP contribution >= 0.6 is 0 Å². The number of aryl methyl sites for hydroxylation is 1. The first-order chi connectivity index (χ1) is 9.77. The molecule has 1 heterocycles. The van der Waals surface area contributed by atoms with Crippen LogP contribution in [0.3, 0.4) is 0 Å². The molecule has 0 unspecified atom stereocenters.